The molecule has 0 saturated heterocycles. The highest BCUT2D eigenvalue weighted by Crippen LogP contribution is 2.20. The van der Waals surface area contributed by atoms with E-state index in [0.717, 1.165) is 16.7 Å². The first-order valence-corrected chi connectivity index (χ1v) is 5.81. The van der Waals surface area contributed by atoms with Crippen molar-refractivity contribution in [1.82, 2.24) is 19.7 Å². The van der Waals surface area contributed by atoms with Gasteiger partial charge in [-0.1, -0.05) is 24.1 Å². The highest BCUT2D eigenvalue weighted by molar-refractivity contribution is 5.87. The zero-order chi connectivity index (χ0) is 13.1. The van der Waals surface area contributed by atoms with E-state index < -0.39 is 0 Å². The minimum Gasteiger partial charge on any atom is -0.358 e. The molecule has 0 saturated carbocycles. The van der Waals surface area contributed by atoms with Gasteiger partial charge in [0.2, 0.25) is 0 Å². The fraction of sp³-hybridized carbons (Fsp3) is 0.0714. The van der Waals surface area contributed by atoms with Gasteiger partial charge in [0.05, 0.1) is 23.8 Å². The maximum atomic E-state index is 5.24. The summed E-state index contributed by atoms with van der Waals surface area (Å²) < 4.78 is 1.78. The van der Waals surface area contributed by atoms with E-state index in [0.29, 0.717) is 12.4 Å². The minimum absolute atomic E-state index is 0.419. The molecule has 0 unspecified atom stereocenters. The summed E-state index contributed by atoms with van der Waals surface area (Å²) in [4.78, 5) is 8.46. The molecular formula is C14H11N5. The molecule has 1 aromatic carbocycles. The zero-order valence-electron chi connectivity index (χ0n) is 10.1. The molecule has 0 amide bonds. The lowest BCUT2D eigenvalue weighted by atomic mass is 10.3. The molecule has 92 valence electrons. The summed E-state index contributed by atoms with van der Waals surface area (Å²) in [6.07, 6.45) is 8.48. The molecule has 0 aliphatic rings. The fourth-order valence-electron chi connectivity index (χ4n) is 1.88. The number of nitrogens with one attached hydrogen (secondary N) is 1. The van der Waals surface area contributed by atoms with Crippen molar-refractivity contribution in [3.05, 3.63) is 42.9 Å². The lowest BCUT2D eigenvalue weighted by molar-refractivity contribution is 0.895. The summed E-state index contributed by atoms with van der Waals surface area (Å²) in [7, 11) is 0. The Kier molecular flexibility index (Phi) is 2.83. The minimum atomic E-state index is 0.419. The van der Waals surface area contributed by atoms with Crippen LogP contribution in [-0.2, 0) is 0 Å². The topological polar surface area (TPSA) is 55.6 Å². The summed E-state index contributed by atoms with van der Waals surface area (Å²) in [6, 6.07) is 9.83. The molecule has 2 aromatic heterocycles. The second-order valence-electron chi connectivity index (χ2n) is 3.91. The Balaban J connectivity index is 2.12. The molecule has 3 rings (SSSR count). The molecular weight excluding hydrogens is 238 g/mol. The molecule has 0 fully saturated rings. The molecule has 0 atom stereocenters. The predicted molar refractivity (Wildman–Crippen MR) is 74.0 cm³/mol. The third-order valence-electron chi connectivity index (χ3n) is 2.72. The number of para-hydroxylation sites is 1. The van der Waals surface area contributed by atoms with Crippen LogP contribution in [0.2, 0.25) is 0 Å². The third kappa shape index (κ3) is 2.00. The van der Waals surface area contributed by atoms with Crippen molar-refractivity contribution in [3.63, 3.8) is 0 Å². The maximum absolute atomic E-state index is 5.24. The van der Waals surface area contributed by atoms with Crippen molar-refractivity contribution in [2.24, 2.45) is 0 Å². The first-order valence-electron chi connectivity index (χ1n) is 5.81. The molecule has 0 aliphatic carbocycles. The van der Waals surface area contributed by atoms with Gasteiger partial charge in [0.15, 0.2) is 5.65 Å². The van der Waals surface area contributed by atoms with Crippen LogP contribution in [0.3, 0.4) is 0 Å². The smallest absolute Gasteiger partial charge is 0.168 e. The first-order chi connectivity index (χ1) is 9.40. The van der Waals surface area contributed by atoms with Crippen molar-refractivity contribution in [1.29, 1.82) is 0 Å². The Hall–Kier alpha value is -2.87. The number of rotatable bonds is 3. The SMILES string of the molecule is C#CCNc1ncnc2c1cnn2-c1ccccc1. The third-order valence-corrected chi connectivity index (χ3v) is 2.72. The highest BCUT2D eigenvalue weighted by atomic mass is 15.3. The summed E-state index contributed by atoms with van der Waals surface area (Å²) in [5, 5.41) is 8.27. The van der Waals surface area contributed by atoms with Gasteiger partial charge in [-0.15, -0.1) is 6.42 Å². The number of benzene rings is 1. The fourth-order valence-corrected chi connectivity index (χ4v) is 1.88. The zero-order valence-corrected chi connectivity index (χ0v) is 10.1. The first kappa shape index (κ1) is 11.2. The molecule has 5 nitrogen and oxygen atoms in total. The Labute approximate surface area is 110 Å². The number of anilines is 1. The van der Waals surface area contributed by atoms with Gasteiger partial charge >= 0.3 is 0 Å². The van der Waals surface area contributed by atoms with Crippen molar-refractivity contribution in [2.45, 2.75) is 0 Å². The van der Waals surface area contributed by atoms with Gasteiger partial charge in [-0.25, -0.2) is 14.6 Å². The summed E-state index contributed by atoms with van der Waals surface area (Å²) in [6.45, 7) is 0.419. The van der Waals surface area contributed by atoms with E-state index in [9.17, 15) is 0 Å². The Morgan fingerprint density at radius 1 is 1.21 bits per heavy atom. The lowest BCUT2D eigenvalue weighted by Crippen LogP contribution is -2.02. The number of hydrogen-bond acceptors (Lipinski definition) is 4. The molecule has 3 aromatic rings. The van der Waals surface area contributed by atoms with E-state index in [2.05, 4.69) is 26.3 Å². The van der Waals surface area contributed by atoms with E-state index in [-0.39, 0.29) is 0 Å². The molecule has 2 heterocycles. The van der Waals surface area contributed by atoms with Crippen LogP contribution in [-0.4, -0.2) is 26.3 Å². The van der Waals surface area contributed by atoms with Gasteiger partial charge in [0.1, 0.15) is 12.1 Å². The number of nitrogens with zero attached hydrogens (tertiary/aromatic N) is 4. The van der Waals surface area contributed by atoms with Gasteiger partial charge in [-0.3, -0.25) is 0 Å². The normalized spacial score (nSPS) is 10.3. The Bertz CT molecular complexity index is 739. The summed E-state index contributed by atoms with van der Waals surface area (Å²) in [5.41, 5.74) is 1.71. The monoisotopic (exact) mass is 249 g/mol. The summed E-state index contributed by atoms with van der Waals surface area (Å²) >= 11 is 0. The van der Waals surface area contributed by atoms with Crippen LogP contribution in [0.15, 0.2) is 42.9 Å². The van der Waals surface area contributed by atoms with E-state index in [1.54, 1.807) is 10.9 Å². The van der Waals surface area contributed by atoms with Crippen molar-refractivity contribution >= 4 is 16.9 Å². The van der Waals surface area contributed by atoms with Crippen LogP contribution < -0.4 is 5.32 Å². The average Bonchev–Trinajstić information content (AvgIpc) is 2.90. The Morgan fingerprint density at radius 2 is 2.05 bits per heavy atom. The van der Waals surface area contributed by atoms with Crippen molar-refractivity contribution in [2.75, 3.05) is 11.9 Å². The van der Waals surface area contributed by atoms with Crippen LogP contribution in [0.25, 0.3) is 16.7 Å². The number of aromatic nitrogens is 4. The van der Waals surface area contributed by atoms with E-state index >= 15 is 0 Å². The van der Waals surface area contributed by atoms with Crippen LogP contribution in [0.5, 0.6) is 0 Å². The molecule has 5 heteroatoms. The van der Waals surface area contributed by atoms with Crippen LogP contribution in [0.4, 0.5) is 5.82 Å². The molecule has 19 heavy (non-hydrogen) atoms. The number of hydrogen-bond donors (Lipinski definition) is 1. The molecule has 0 spiro atoms. The van der Waals surface area contributed by atoms with Gasteiger partial charge in [0.25, 0.3) is 0 Å². The molecule has 0 radical (unpaired) electrons. The predicted octanol–water partition coefficient (Wildman–Crippen LogP) is 1.86. The van der Waals surface area contributed by atoms with E-state index in [1.807, 2.05) is 30.3 Å². The number of terminal acetylenes is 1. The molecule has 0 aliphatic heterocycles. The standard InChI is InChI=1S/C14H11N5/c1-2-8-15-13-12-9-18-19(14(12)17-10-16-13)11-6-4-3-5-7-11/h1,3-7,9-10H,8H2,(H,15,16,17). The average molecular weight is 249 g/mol. The summed E-state index contributed by atoms with van der Waals surface area (Å²) in [5.74, 6) is 3.22. The van der Waals surface area contributed by atoms with E-state index in [4.69, 9.17) is 6.42 Å². The Morgan fingerprint density at radius 3 is 2.84 bits per heavy atom. The highest BCUT2D eigenvalue weighted by Gasteiger charge is 2.09. The molecule has 1 N–H and O–H groups in total. The quantitative estimate of drug-likeness (QED) is 0.720. The number of fused-ring (bicyclic) bond motifs is 1. The lowest BCUT2D eigenvalue weighted by Gasteiger charge is -2.04. The van der Waals surface area contributed by atoms with Crippen LogP contribution >= 0.6 is 0 Å². The van der Waals surface area contributed by atoms with Crippen molar-refractivity contribution < 1.29 is 0 Å². The molecule has 0 bridgehead atoms. The van der Waals surface area contributed by atoms with Crippen LogP contribution in [0.1, 0.15) is 0 Å². The van der Waals surface area contributed by atoms with Gasteiger partial charge in [-0.05, 0) is 12.1 Å². The van der Waals surface area contributed by atoms with E-state index in [1.165, 1.54) is 6.33 Å². The van der Waals surface area contributed by atoms with Gasteiger partial charge in [-0.2, -0.15) is 5.10 Å². The second kappa shape index (κ2) is 4.78. The maximum Gasteiger partial charge on any atom is 0.168 e. The van der Waals surface area contributed by atoms with Gasteiger partial charge < -0.3 is 5.32 Å². The van der Waals surface area contributed by atoms with Crippen molar-refractivity contribution in [3.8, 4) is 18.0 Å². The van der Waals surface area contributed by atoms with Gasteiger partial charge in [0, 0.05) is 0 Å². The second-order valence-corrected chi connectivity index (χ2v) is 3.91. The largest absolute Gasteiger partial charge is 0.358 e. The van der Waals surface area contributed by atoms with Crippen LogP contribution in [0, 0.1) is 12.3 Å².